The van der Waals surface area contributed by atoms with E-state index in [4.69, 9.17) is 0 Å². The van der Waals surface area contributed by atoms with Crippen molar-refractivity contribution in [1.82, 2.24) is 0 Å². The van der Waals surface area contributed by atoms with Crippen LogP contribution in [-0.4, -0.2) is 30.7 Å². The third kappa shape index (κ3) is 43.6. The summed E-state index contributed by atoms with van der Waals surface area (Å²) in [6.07, 6.45) is 58.7. The third-order valence-corrected chi connectivity index (χ3v) is 11.9. The second kappa shape index (κ2) is 49.0. The van der Waals surface area contributed by atoms with Crippen molar-refractivity contribution >= 4 is 12.4 Å². The Labute approximate surface area is 348 Å². The minimum absolute atomic E-state index is 0. The van der Waals surface area contributed by atoms with Crippen molar-refractivity contribution in [1.29, 1.82) is 0 Å². The van der Waals surface area contributed by atoms with Crippen LogP contribution in [0.25, 0.3) is 0 Å². The summed E-state index contributed by atoms with van der Waals surface area (Å²) in [7, 11) is 0. The molecule has 0 aromatic heterocycles. The van der Waals surface area contributed by atoms with Gasteiger partial charge >= 0.3 is 22.4 Å². The molecule has 0 fully saturated rings. The molecule has 0 atom stereocenters. The van der Waals surface area contributed by atoms with Crippen molar-refractivity contribution < 1.29 is 26.9 Å². The normalized spacial score (nSPS) is 11.5. The molecule has 0 radical (unpaired) electrons. The molecule has 0 aliphatic rings. The Kier molecular flexibility index (Phi) is 54.1. The van der Waals surface area contributed by atoms with E-state index in [1.165, 1.54) is 287 Å². The molecule has 0 unspecified atom stereocenters. The van der Waals surface area contributed by atoms with Gasteiger partial charge in [-0.05, 0) is 51.4 Å². The van der Waals surface area contributed by atoms with Crippen LogP contribution in [0.1, 0.15) is 285 Å². The van der Waals surface area contributed by atoms with E-state index in [2.05, 4.69) is 27.7 Å². The van der Waals surface area contributed by atoms with Crippen LogP contribution in [0.2, 0.25) is 0 Å². The first-order valence-electron chi connectivity index (χ1n) is 24.1. The molecule has 0 aliphatic carbocycles. The Morgan fingerprint density at radius 2 is 0.314 bits per heavy atom. The van der Waals surface area contributed by atoms with Crippen LogP contribution in [0.4, 0.5) is 0 Å². The molecule has 0 saturated heterocycles. The molecule has 0 heterocycles. The largest absolute Gasteiger partial charge is 1.00 e. The minimum Gasteiger partial charge on any atom is -0.324 e. The van der Waals surface area contributed by atoms with E-state index in [0.717, 1.165) is 0 Å². The molecule has 0 spiro atoms. The third-order valence-electron chi connectivity index (χ3n) is 11.9. The Balaban J connectivity index is -0.0000115. The van der Waals surface area contributed by atoms with Gasteiger partial charge in [0, 0.05) is 0 Å². The van der Waals surface area contributed by atoms with E-state index in [1.54, 1.807) is 0 Å². The summed E-state index contributed by atoms with van der Waals surface area (Å²) in [6.45, 7) is 15.3. The van der Waals surface area contributed by atoms with E-state index < -0.39 is 0 Å². The molecule has 51 heavy (non-hydrogen) atoms. The first kappa shape index (κ1) is 56.3. The molecule has 1 nitrogen and oxygen atoms in total. The van der Waals surface area contributed by atoms with E-state index >= 15 is 0 Å². The summed E-state index contributed by atoms with van der Waals surface area (Å²) >= 11 is 0. The van der Waals surface area contributed by atoms with Gasteiger partial charge in [-0.15, -0.1) is 12.4 Å². The van der Waals surface area contributed by atoms with Crippen molar-refractivity contribution in [2.45, 2.75) is 285 Å². The van der Waals surface area contributed by atoms with Crippen LogP contribution < -0.4 is 0 Å². The van der Waals surface area contributed by atoms with Gasteiger partial charge in [-0.3, -0.25) is 0 Å². The summed E-state index contributed by atoms with van der Waals surface area (Å²) in [5.41, 5.74) is 0. The first-order valence-corrected chi connectivity index (χ1v) is 24.1. The van der Waals surface area contributed by atoms with Gasteiger partial charge in [0.25, 0.3) is 0 Å². The van der Waals surface area contributed by atoms with Crippen LogP contribution in [0.15, 0.2) is 0 Å². The fourth-order valence-electron chi connectivity index (χ4n) is 8.41. The van der Waals surface area contributed by atoms with Crippen molar-refractivity contribution in [2.24, 2.45) is 0 Å². The standard InChI is InChI=1S/C48H100N.Ag.ClH/c1-5-9-13-17-21-25-29-33-37-41-45-49(46-42-38-34-30-26-22-18-14-10-6-2,47-43-39-35-31-27-23-19-15-11-7-3)48-44-40-36-32-28-24-20-16-12-8-4;;/h5-48H2,1-4H3;;1H/q2*+1;. The summed E-state index contributed by atoms with van der Waals surface area (Å²) < 4.78 is 1.49. The zero-order valence-corrected chi connectivity index (χ0v) is 38.6. The number of halogens is 1. The fraction of sp³-hybridized carbons (Fsp3) is 1.00. The zero-order chi connectivity index (χ0) is 35.6. The van der Waals surface area contributed by atoms with E-state index in [0.29, 0.717) is 0 Å². The second-order valence-electron chi connectivity index (χ2n) is 17.0. The second-order valence-corrected chi connectivity index (χ2v) is 17.0. The van der Waals surface area contributed by atoms with Gasteiger partial charge in [0.15, 0.2) is 0 Å². The number of nitrogens with zero attached hydrogens (tertiary/aromatic N) is 1. The summed E-state index contributed by atoms with van der Waals surface area (Å²) in [4.78, 5) is 0. The van der Waals surface area contributed by atoms with Crippen LogP contribution in [0, 0.1) is 0 Å². The monoisotopic (exact) mass is 834 g/mol. The molecule has 0 saturated carbocycles. The molecular formula is C48H101AgClN+2. The fourth-order valence-corrected chi connectivity index (χ4v) is 8.41. The van der Waals surface area contributed by atoms with Crippen molar-refractivity contribution in [3.63, 3.8) is 0 Å². The Morgan fingerprint density at radius 1 is 0.196 bits per heavy atom. The molecular weight excluding hydrogens is 734 g/mol. The van der Waals surface area contributed by atoms with Gasteiger partial charge in [-0.25, -0.2) is 0 Å². The Bertz CT molecular complexity index is 482. The maximum absolute atomic E-state index is 2.34. The Hall–Kier alpha value is 0.990. The SMILES string of the molecule is CCCCCCCCCCCC[N+](CCCCCCCCCCCC)(CCCCCCCCCCCC)CCCCCCCCCCCC.Cl.[Ag+]. The van der Waals surface area contributed by atoms with Crippen LogP contribution >= 0.6 is 12.4 Å². The zero-order valence-electron chi connectivity index (χ0n) is 36.3. The number of hydrogen-bond acceptors (Lipinski definition) is 0. The maximum atomic E-state index is 2.34. The number of quaternary nitrogens is 1. The summed E-state index contributed by atoms with van der Waals surface area (Å²) in [5, 5.41) is 0. The van der Waals surface area contributed by atoms with Crippen LogP contribution in [-0.2, 0) is 22.4 Å². The quantitative estimate of drug-likeness (QED) is 0.0326. The molecule has 0 amide bonds. The molecule has 0 N–H and O–H groups in total. The van der Waals surface area contributed by atoms with E-state index in [9.17, 15) is 0 Å². The van der Waals surface area contributed by atoms with Crippen molar-refractivity contribution in [3.8, 4) is 0 Å². The number of hydrogen-bond donors (Lipinski definition) is 0. The van der Waals surface area contributed by atoms with E-state index in [1.807, 2.05) is 0 Å². The first-order chi connectivity index (χ1) is 24.2. The molecule has 0 rings (SSSR count). The molecule has 0 aromatic rings. The number of unbranched alkanes of at least 4 members (excludes halogenated alkanes) is 36. The van der Waals surface area contributed by atoms with Gasteiger partial charge in [-0.1, -0.05) is 233 Å². The van der Waals surface area contributed by atoms with Crippen LogP contribution in [0.5, 0.6) is 0 Å². The minimum atomic E-state index is 0. The average molecular weight is 836 g/mol. The smallest absolute Gasteiger partial charge is 0.324 e. The van der Waals surface area contributed by atoms with E-state index in [-0.39, 0.29) is 34.8 Å². The van der Waals surface area contributed by atoms with Crippen LogP contribution in [0.3, 0.4) is 0 Å². The molecule has 0 bridgehead atoms. The summed E-state index contributed by atoms with van der Waals surface area (Å²) in [6, 6.07) is 0. The van der Waals surface area contributed by atoms with Gasteiger partial charge in [0.05, 0.1) is 26.2 Å². The van der Waals surface area contributed by atoms with Gasteiger partial charge in [0.1, 0.15) is 0 Å². The van der Waals surface area contributed by atoms with Crippen molar-refractivity contribution in [3.05, 3.63) is 0 Å². The summed E-state index contributed by atoms with van der Waals surface area (Å²) in [5.74, 6) is 0. The molecule has 0 aliphatic heterocycles. The Morgan fingerprint density at radius 3 is 0.451 bits per heavy atom. The van der Waals surface area contributed by atoms with Gasteiger partial charge < -0.3 is 4.48 Å². The maximum Gasteiger partial charge on any atom is 1.00 e. The molecule has 0 aromatic carbocycles. The average Bonchev–Trinajstić information content (AvgIpc) is 3.11. The topological polar surface area (TPSA) is 0 Å². The molecule has 314 valence electrons. The van der Waals surface area contributed by atoms with Gasteiger partial charge in [-0.2, -0.15) is 0 Å². The number of rotatable bonds is 44. The predicted molar refractivity (Wildman–Crippen MR) is 234 cm³/mol. The van der Waals surface area contributed by atoms with Crippen molar-refractivity contribution in [2.75, 3.05) is 26.2 Å². The predicted octanol–water partition coefficient (Wildman–Crippen LogP) is 17.9. The molecule has 3 heteroatoms. The van der Waals surface area contributed by atoms with Gasteiger partial charge in [0.2, 0.25) is 0 Å².